The highest BCUT2D eigenvalue weighted by Gasteiger charge is 2.31. The van der Waals surface area contributed by atoms with Crippen molar-refractivity contribution in [2.75, 3.05) is 5.23 Å². The molecule has 4 rings (SSSR count). The lowest BCUT2D eigenvalue weighted by Crippen LogP contribution is -2.17. The number of nitrogens with two attached hydrogens (primary N) is 1. The van der Waals surface area contributed by atoms with Crippen LogP contribution in [0, 0.1) is 5.41 Å². The topological polar surface area (TPSA) is 325 Å². The number of aliphatic imine (C=N–C) groups is 1. The second-order valence-corrected chi connectivity index (χ2v) is 11.9. The summed E-state index contributed by atoms with van der Waals surface area (Å²) in [6, 6.07) is 4.41. The first-order valence-corrected chi connectivity index (χ1v) is 15.0. The van der Waals surface area contributed by atoms with Crippen molar-refractivity contribution in [1.82, 2.24) is 0 Å². The molecule has 0 amide bonds. The zero-order chi connectivity index (χ0) is 34.0. The van der Waals surface area contributed by atoms with E-state index in [2.05, 4.69) is 25.4 Å². The fraction of sp³-hybridized carbons (Fsp3) is 0. The molecule has 2 aromatic carbocycles. The van der Waals surface area contributed by atoms with Gasteiger partial charge in [0.25, 0.3) is 15.0 Å². The number of aromatic carboxylic acids is 1. The maximum Gasteiger partial charge on any atom is 0.388 e. The Bertz CT molecular complexity index is 2050. The summed E-state index contributed by atoms with van der Waals surface area (Å²) < 4.78 is 63.5. The average molecular weight is 674 g/mol. The number of hydrogen-bond donors (Lipinski definition) is 9. The monoisotopic (exact) mass is 673 g/mol. The van der Waals surface area contributed by atoms with E-state index in [1.807, 2.05) is 0 Å². The van der Waals surface area contributed by atoms with Gasteiger partial charge in [-0.15, -0.1) is 20.6 Å². The standard InChI is InChI=1S/C25H20N8O11S2/c26-17-10-18(27)21(31-32-22-9-15(45(39,40)41)8-16(24(22)34)25(35)36)11-20(17)30-29-13-3-1-12(2-4-13)28-19-6-5-14(33(37)38)7-23(19)46(42,43)44/h1-11,37-38H,(H7-,26,27,28,30,31,34,35,36,39,40,41,42,43,44)/p+1. The van der Waals surface area contributed by atoms with E-state index < -0.39 is 53.4 Å². The van der Waals surface area contributed by atoms with Gasteiger partial charge in [0.2, 0.25) is 0 Å². The van der Waals surface area contributed by atoms with Crippen molar-refractivity contribution in [2.45, 2.75) is 9.79 Å². The Balaban J connectivity index is 1.61. The quantitative estimate of drug-likeness (QED) is 0.0639. The van der Waals surface area contributed by atoms with Crippen molar-refractivity contribution < 1.29 is 51.7 Å². The van der Waals surface area contributed by atoms with E-state index in [-0.39, 0.29) is 50.8 Å². The number of carboxylic acids is 1. The molecule has 2 aromatic rings. The number of allylic oxidation sites excluding steroid dienone is 6. The summed E-state index contributed by atoms with van der Waals surface area (Å²) in [5.41, 5.74) is 4.03. The molecular weight excluding hydrogens is 652 g/mol. The van der Waals surface area contributed by atoms with Crippen LogP contribution < -0.4 is 11.0 Å². The maximum absolute atomic E-state index is 11.9. The summed E-state index contributed by atoms with van der Waals surface area (Å²) in [7, 11) is -9.42. The molecular formula is C25H21N8O11S2+. The van der Waals surface area contributed by atoms with Gasteiger partial charge >= 0.3 is 16.5 Å². The Morgan fingerprint density at radius 2 is 1.59 bits per heavy atom. The van der Waals surface area contributed by atoms with E-state index in [9.17, 15) is 41.3 Å². The van der Waals surface area contributed by atoms with Crippen LogP contribution in [0.5, 0.6) is 5.75 Å². The number of azo groups is 1. The molecule has 2 aliphatic rings. The fourth-order valence-corrected chi connectivity index (χ4v) is 4.82. The molecule has 0 unspecified atom stereocenters. The van der Waals surface area contributed by atoms with E-state index in [1.165, 1.54) is 42.5 Å². The highest BCUT2D eigenvalue weighted by Crippen LogP contribution is 2.35. The van der Waals surface area contributed by atoms with Gasteiger partial charge in [-0.05, 0) is 64.9 Å². The smallest absolute Gasteiger partial charge is 0.388 e. The van der Waals surface area contributed by atoms with Crippen LogP contribution in [0.25, 0.3) is 0 Å². The summed E-state index contributed by atoms with van der Waals surface area (Å²) >= 11 is 0. The Kier molecular flexibility index (Phi) is 9.29. The van der Waals surface area contributed by atoms with Crippen LogP contribution in [0.1, 0.15) is 10.4 Å². The summed E-state index contributed by atoms with van der Waals surface area (Å²) in [6.07, 6.45) is 8.13. The van der Waals surface area contributed by atoms with E-state index >= 15 is 0 Å². The lowest BCUT2D eigenvalue weighted by molar-refractivity contribution is 0.0290. The van der Waals surface area contributed by atoms with Gasteiger partial charge in [-0.3, -0.25) is 20.4 Å². The van der Waals surface area contributed by atoms with Crippen molar-refractivity contribution >= 4 is 66.5 Å². The molecule has 10 N–H and O–H groups in total. The summed E-state index contributed by atoms with van der Waals surface area (Å²) in [4.78, 5) is 14.1. The first-order valence-electron chi connectivity index (χ1n) is 12.1. The molecule has 19 nitrogen and oxygen atoms in total. The molecule has 0 saturated carbocycles. The molecule has 46 heavy (non-hydrogen) atoms. The number of carboxylic acid groups (broad SMARTS) is 1. The molecule has 0 atom stereocenters. The second-order valence-electron chi connectivity index (χ2n) is 9.01. The lowest BCUT2D eigenvalue weighted by Gasteiger charge is -2.10. The van der Waals surface area contributed by atoms with Crippen LogP contribution >= 0.6 is 0 Å². The number of anilines is 1. The van der Waals surface area contributed by atoms with Crippen molar-refractivity contribution in [2.24, 2.45) is 31.2 Å². The van der Waals surface area contributed by atoms with Gasteiger partial charge in [0.15, 0.2) is 5.75 Å². The minimum Gasteiger partial charge on any atom is -0.505 e. The molecule has 0 saturated heterocycles. The van der Waals surface area contributed by atoms with Gasteiger partial charge in [0.1, 0.15) is 28.3 Å². The minimum absolute atomic E-state index is 0.000561. The third-order valence-electron chi connectivity index (χ3n) is 5.84. The van der Waals surface area contributed by atoms with Crippen LogP contribution in [-0.2, 0) is 24.8 Å². The van der Waals surface area contributed by atoms with Crippen LogP contribution in [0.2, 0.25) is 0 Å². The largest absolute Gasteiger partial charge is 0.505 e. The third-order valence-corrected chi connectivity index (χ3v) is 7.57. The summed E-state index contributed by atoms with van der Waals surface area (Å²) in [6.45, 7) is 0. The second kappa shape index (κ2) is 12.8. The number of rotatable bonds is 8. The highest BCUT2D eigenvalue weighted by atomic mass is 32.3. The average Bonchev–Trinajstić information content (AvgIpc) is 2.96. The Morgan fingerprint density at radius 1 is 0.935 bits per heavy atom. The van der Waals surface area contributed by atoms with Crippen molar-refractivity contribution in [3.63, 3.8) is 0 Å². The molecule has 238 valence electrons. The number of phenols is 1. The van der Waals surface area contributed by atoms with Crippen LogP contribution in [0.3, 0.4) is 0 Å². The van der Waals surface area contributed by atoms with Gasteiger partial charge in [-0.25, -0.2) is 9.79 Å². The fourth-order valence-electron chi connectivity index (χ4n) is 3.63. The number of benzene rings is 2. The molecule has 0 fully saturated rings. The maximum atomic E-state index is 11.9. The van der Waals surface area contributed by atoms with Crippen LogP contribution in [-0.4, -0.2) is 71.5 Å². The highest BCUT2D eigenvalue weighted by molar-refractivity contribution is 7.92. The van der Waals surface area contributed by atoms with Gasteiger partial charge < -0.3 is 15.9 Å². The molecule has 0 radical (unpaired) electrons. The van der Waals surface area contributed by atoms with Gasteiger partial charge in [0.05, 0.1) is 33.4 Å². The number of carbonyl (C=O) groups is 1. The first kappa shape index (κ1) is 33.3. The number of aromatic hydroxyl groups is 1. The lowest BCUT2D eigenvalue weighted by atomic mass is 10.1. The third kappa shape index (κ3) is 7.74. The van der Waals surface area contributed by atoms with E-state index in [0.717, 1.165) is 12.1 Å². The van der Waals surface area contributed by atoms with Crippen LogP contribution in [0.15, 0.2) is 113 Å². The molecule has 2 aliphatic carbocycles. The van der Waals surface area contributed by atoms with E-state index in [1.54, 1.807) is 0 Å². The van der Waals surface area contributed by atoms with Gasteiger partial charge in [0, 0.05) is 6.07 Å². The molecule has 21 heteroatoms. The predicted octanol–water partition coefficient (Wildman–Crippen LogP) is 3.27. The van der Waals surface area contributed by atoms with E-state index in [0.29, 0.717) is 12.1 Å². The van der Waals surface area contributed by atoms with Crippen molar-refractivity contribution in [1.29, 1.82) is 5.41 Å². The molecule has 0 bridgehead atoms. The number of hydrogen-bond acceptors (Lipinski definition) is 15. The molecule has 0 aliphatic heterocycles. The zero-order valence-corrected chi connectivity index (χ0v) is 24.3. The Morgan fingerprint density at radius 3 is 2.17 bits per heavy atom. The van der Waals surface area contributed by atoms with Crippen LogP contribution in [0.4, 0.5) is 17.1 Å². The first-order chi connectivity index (χ1) is 21.4. The minimum atomic E-state index is -4.88. The molecule has 0 heterocycles. The van der Waals surface area contributed by atoms with Crippen molar-refractivity contribution in [3.8, 4) is 5.75 Å². The summed E-state index contributed by atoms with van der Waals surface area (Å²) in [5, 5.41) is 61.0. The molecule has 0 spiro atoms. The van der Waals surface area contributed by atoms with Gasteiger partial charge in [-0.2, -0.15) is 22.6 Å². The Labute approximate surface area is 259 Å². The van der Waals surface area contributed by atoms with Gasteiger partial charge in [-0.1, -0.05) is 0 Å². The SMILES string of the molecule is N=C1C=C(N)C(=NN=C2C=CC(=Nc3ccc(N(O)O)cc3[S+](=O)(O)O)C=C2)C=C1N=Nc1cc(S(=O)(=O)O)cc(C(=O)O)c1O. The summed E-state index contributed by atoms with van der Waals surface area (Å²) in [5.74, 6) is -2.66. The number of nitrogens with zero attached hydrogens (tertiary/aromatic N) is 6. The predicted molar refractivity (Wildman–Crippen MR) is 162 cm³/mol. The number of nitrogens with one attached hydrogen (secondary N) is 1. The normalized spacial score (nSPS) is 16.1. The molecule has 0 aromatic heterocycles. The van der Waals surface area contributed by atoms with E-state index in [4.69, 9.17) is 21.6 Å². The Hall–Kier alpha value is -5.55. The van der Waals surface area contributed by atoms with Crippen molar-refractivity contribution in [3.05, 3.63) is 83.7 Å². The zero-order valence-electron chi connectivity index (χ0n) is 22.7.